The van der Waals surface area contributed by atoms with Crippen molar-refractivity contribution < 1.29 is 14.3 Å². The molecule has 1 amide bonds. The van der Waals surface area contributed by atoms with E-state index in [1.165, 1.54) is 19.6 Å². The Morgan fingerprint density at radius 3 is 2.76 bits per heavy atom. The number of aromatic nitrogens is 5. The highest BCUT2D eigenvalue weighted by Gasteiger charge is 2.25. The fraction of sp³-hybridized carbons (Fsp3) is 0.467. The highest BCUT2D eigenvalue weighted by Crippen LogP contribution is 2.19. The number of likely N-dealkylation sites (tertiary alicyclic amines) is 1. The Morgan fingerprint density at radius 1 is 1.28 bits per heavy atom. The lowest BCUT2D eigenvalue weighted by Gasteiger charge is -2.30. The predicted molar refractivity (Wildman–Crippen MR) is 86.3 cm³/mol. The number of anilines is 1. The molecular formula is C15H19N7O3. The first-order chi connectivity index (χ1) is 12.2. The van der Waals surface area contributed by atoms with Crippen LogP contribution >= 0.6 is 0 Å². The molecule has 132 valence electrons. The van der Waals surface area contributed by atoms with E-state index in [-0.39, 0.29) is 17.6 Å². The summed E-state index contributed by atoms with van der Waals surface area (Å²) in [5.41, 5.74) is 0. The Balaban J connectivity index is 1.47. The van der Waals surface area contributed by atoms with Crippen LogP contribution in [0.15, 0.2) is 24.9 Å². The number of ether oxygens (including phenoxy) is 1. The number of rotatable bonds is 5. The van der Waals surface area contributed by atoms with Crippen LogP contribution in [0.4, 0.5) is 5.82 Å². The van der Waals surface area contributed by atoms with Gasteiger partial charge in [-0.2, -0.15) is 0 Å². The normalized spacial score (nSPS) is 15.7. The van der Waals surface area contributed by atoms with Crippen molar-refractivity contribution in [2.45, 2.75) is 19.5 Å². The first kappa shape index (κ1) is 17.0. The molecule has 0 aliphatic carbocycles. The van der Waals surface area contributed by atoms with Crippen molar-refractivity contribution in [2.24, 2.45) is 5.92 Å². The van der Waals surface area contributed by atoms with Crippen LogP contribution in [-0.4, -0.2) is 61.7 Å². The molecule has 1 aliphatic rings. The average Bonchev–Trinajstić information content (AvgIpc) is 3.11. The molecule has 3 rings (SSSR count). The number of esters is 1. The minimum atomic E-state index is -0.557. The number of carbonyl (C=O) groups excluding carboxylic acids is 2. The summed E-state index contributed by atoms with van der Waals surface area (Å²) >= 11 is 0. The number of hydrogen-bond donors (Lipinski definition) is 1. The molecule has 0 atom stereocenters. The summed E-state index contributed by atoms with van der Waals surface area (Å²) in [5, 5.41) is 6.87. The lowest BCUT2D eigenvalue weighted by molar-refractivity contribution is -0.121. The Bertz CT molecular complexity index is 726. The lowest BCUT2D eigenvalue weighted by Crippen LogP contribution is -2.39. The Labute approximate surface area is 144 Å². The second kappa shape index (κ2) is 7.79. The van der Waals surface area contributed by atoms with Gasteiger partial charge in [-0.25, -0.2) is 19.4 Å². The van der Waals surface area contributed by atoms with E-state index >= 15 is 0 Å². The molecule has 0 aromatic carbocycles. The van der Waals surface area contributed by atoms with Crippen molar-refractivity contribution >= 4 is 17.7 Å². The van der Waals surface area contributed by atoms with Gasteiger partial charge < -0.3 is 10.1 Å². The number of methoxy groups -OCH3 is 1. The van der Waals surface area contributed by atoms with Gasteiger partial charge in [0.15, 0.2) is 5.82 Å². The summed E-state index contributed by atoms with van der Waals surface area (Å²) in [5.74, 6) is -0.139. The smallest absolute Gasteiger partial charge is 0.377 e. The first-order valence-electron chi connectivity index (χ1n) is 7.92. The Kier molecular flexibility index (Phi) is 5.29. The largest absolute Gasteiger partial charge is 0.463 e. The number of nitrogens with zero attached hydrogens (tertiary/aromatic N) is 6. The van der Waals surface area contributed by atoms with Gasteiger partial charge in [0.1, 0.15) is 6.33 Å². The second-order valence-electron chi connectivity index (χ2n) is 5.71. The van der Waals surface area contributed by atoms with Gasteiger partial charge in [-0.3, -0.25) is 14.7 Å². The van der Waals surface area contributed by atoms with Gasteiger partial charge in [-0.15, -0.1) is 5.10 Å². The molecule has 1 fully saturated rings. The third-order valence-corrected chi connectivity index (χ3v) is 4.02. The fourth-order valence-electron chi connectivity index (χ4n) is 2.68. The molecule has 0 bridgehead atoms. The van der Waals surface area contributed by atoms with Crippen molar-refractivity contribution in [2.75, 3.05) is 25.5 Å². The van der Waals surface area contributed by atoms with Crippen LogP contribution in [0.1, 0.15) is 23.5 Å². The molecule has 1 N–H and O–H groups in total. The zero-order valence-corrected chi connectivity index (χ0v) is 13.8. The van der Waals surface area contributed by atoms with E-state index < -0.39 is 5.97 Å². The van der Waals surface area contributed by atoms with E-state index in [1.807, 2.05) is 0 Å². The monoisotopic (exact) mass is 345 g/mol. The molecule has 2 aromatic rings. The van der Waals surface area contributed by atoms with E-state index in [0.717, 1.165) is 25.9 Å². The van der Waals surface area contributed by atoms with E-state index in [4.69, 9.17) is 0 Å². The average molecular weight is 345 g/mol. The van der Waals surface area contributed by atoms with Gasteiger partial charge in [0, 0.05) is 31.4 Å². The van der Waals surface area contributed by atoms with Crippen molar-refractivity contribution in [1.82, 2.24) is 29.6 Å². The summed E-state index contributed by atoms with van der Waals surface area (Å²) in [6.07, 6.45) is 7.61. The summed E-state index contributed by atoms with van der Waals surface area (Å²) < 4.78 is 6.17. The predicted octanol–water partition coefficient (Wildman–Crippen LogP) is 0.163. The maximum Gasteiger partial charge on any atom is 0.377 e. The number of amides is 1. The van der Waals surface area contributed by atoms with Crippen molar-refractivity contribution in [3.8, 4) is 0 Å². The maximum atomic E-state index is 12.3. The topological polar surface area (TPSA) is 115 Å². The molecule has 3 heterocycles. The number of hydrogen-bond acceptors (Lipinski definition) is 8. The Hall–Kier alpha value is -2.88. The van der Waals surface area contributed by atoms with E-state index in [2.05, 4.69) is 35.0 Å². The molecule has 25 heavy (non-hydrogen) atoms. The van der Waals surface area contributed by atoms with Gasteiger partial charge in [0.25, 0.3) is 5.82 Å². The standard InChI is InChI=1S/C15H19N7O3/c1-25-15(24)13-18-9-22(20-13)10-21-6-2-11(3-7-21)14(23)19-12-8-16-4-5-17-12/h4-5,8-9,11H,2-3,6-7,10H2,1H3,(H,17,19,23). The summed E-state index contributed by atoms with van der Waals surface area (Å²) in [7, 11) is 1.29. The highest BCUT2D eigenvalue weighted by molar-refractivity contribution is 5.91. The van der Waals surface area contributed by atoms with Crippen LogP contribution in [-0.2, 0) is 16.2 Å². The van der Waals surface area contributed by atoms with Crippen LogP contribution in [0.2, 0.25) is 0 Å². The lowest BCUT2D eigenvalue weighted by atomic mass is 9.96. The molecule has 0 unspecified atom stereocenters. The van der Waals surface area contributed by atoms with Gasteiger partial charge in [0.2, 0.25) is 5.91 Å². The SMILES string of the molecule is COC(=O)c1ncn(CN2CCC(C(=O)Nc3cnccn3)CC2)n1. The summed E-state index contributed by atoms with van der Waals surface area (Å²) in [4.78, 5) is 37.7. The van der Waals surface area contributed by atoms with Crippen LogP contribution in [0.25, 0.3) is 0 Å². The minimum Gasteiger partial charge on any atom is -0.463 e. The van der Waals surface area contributed by atoms with Crippen molar-refractivity contribution in [3.63, 3.8) is 0 Å². The molecule has 1 aliphatic heterocycles. The van der Waals surface area contributed by atoms with Crippen molar-refractivity contribution in [1.29, 1.82) is 0 Å². The van der Waals surface area contributed by atoms with Gasteiger partial charge >= 0.3 is 5.97 Å². The van der Waals surface area contributed by atoms with Crippen molar-refractivity contribution in [3.05, 3.63) is 30.7 Å². The number of carbonyl (C=O) groups is 2. The third kappa shape index (κ3) is 4.35. The van der Waals surface area contributed by atoms with Gasteiger partial charge in [-0.05, 0) is 12.8 Å². The Morgan fingerprint density at radius 2 is 2.08 bits per heavy atom. The van der Waals surface area contributed by atoms with Gasteiger partial charge in [-0.1, -0.05) is 0 Å². The maximum absolute atomic E-state index is 12.3. The van der Waals surface area contributed by atoms with Crippen LogP contribution in [0, 0.1) is 5.92 Å². The quantitative estimate of drug-likeness (QED) is 0.762. The fourth-order valence-corrected chi connectivity index (χ4v) is 2.68. The summed E-state index contributed by atoms with van der Waals surface area (Å²) in [6.45, 7) is 2.03. The van der Waals surface area contributed by atoms with E-state index in [9.17, 15) is 9.59 Å². The zero-order valence-electron chi connectivity index (χ0n) is 13.8. The molecule has 0 spiro atoms. The molecular weight excluding hydrogens is 326 g/mol. The summed E-state index contributed by atoms with van der Waals surface area (Å²) in [6, 6.07) is 0. The van der Waals surface area contributed by atoms with Crippen LogP contribution < -0.4 is 5.32 Å². The van der Waals surface area contributed by atoms with Crippen LogP contribution in [0.3, 0.4) is 0 Å². The molecule has 0 radical (unpaired) electrons. The van der Waals surface area contributed by atoms with E-state index in [0.29, 0.717) is 12.5 Å². The van der Waals surface area contributed by atoms with Gasteiger partial charge in [0.05, 0.1) is 20.0 Å². The zero-order chi connectivity index (χ0) is 17.6. The third-order valence-electron chi connectivity index (χ3n) is 4.02. The number of nitrogens with one attached hydrogen (secondary N) is 1. The highest BCUT2D eigenvalue weighted by atomic mass is 16.5. The molecule has 10 heteroatoms. The van der Waals surface area contributed by atoms with Crippen LogP contribution in [0.5, 0.6) is 0 Å². The first-order valence-corrected chi connectivity index (χ1v) is 7.92. The molecule has 2 aromatic heterocycles. The number of piperidine rings is 1. The van der Waals surface area contributed by atoms with E-state index in [1.54, 1.807) is 17.1 Å². The minimum absolute atomic E-state index is 0.0334. The molecule has 1 saturated heterocycles. The molecule has 0 saturated carbocycles. The molecule has 10 nitrogen and oxygen atoms in total. The second-order valence-corrected chi connectivity index (χ2v) is 5.71.